The number of carbonyl (C=O) groups is 1. The molecule has 0 spiro atoms. The van der Waals surface area contributed by atoms with Gasteiger partial charge in [0.2, 0.25) is 0 Å². The van der Waals surface area contributed by atoms with Gasteiger partial charge in [-0.25, -0.2) is 13.2 Å². The van der Waals surface area contributed by atoms with Gasteiger partial charge in [-0.2, -0.15) is 0 Å². The fraction of sp³-hybridized carbons (Fsp3) is 0.214. The van der Waals surface area contributed by atoms with E-state index < -0.39 is 15.8 Å². The Labute approximate surface area is 122 Å². The number of carboxylic acid groups (broad SMARTS) is 1. The van der Waals surface area contributed by atoms with Gasteiger partial charge >= 0.3 is 5.97 Å². The van der Waals surface area contributed by atoms with Crippen molar-refractivity contribution in [3.8, 4) is 0 Å². The van der Waals surface area contributed by atoms with Gasteiger partial charge in [0, 0.05) is 12.8 Å². The summed E-state index contributed by atoms with van der Waals surface area (Å²) in [5, 5.41) is 11.9. The van der Waals surface area contributed by atoms with Crippen molar-refractivity contribution in [3.63, 3.8) is 0 Å². The highest BCUT2D eigenvalue weighted by Gasteiger charge is 2.08. The molecule has 1 aromatic carbocycles. The number of aromatic carboxylic acids is 1. The molecule has 0 saturated heterocycles. The maximum absolute atomic E-state index is 11.3. The summed E-state index contributed by atoms with van der Waals surface area (Å²) in [6.07, 6.45) is 2.36. The number of hydrogen-bond donors (Lipinski definition) is 2. The van der Waals surface area contributed by atoms with Crippen LogP contribution < -0.4 is 5.32 Å². The molecule has 7 heteroatoms. The largest absolute Gasteiger partial charge is 0.478 e. The van der Waals surface area contributed by atoms with Crippen LogP contribution in [0, 0.1) is 0 Å². The van der Waals surface area contributed by atoms with Crippen LogP contribution in [0.15, 0.2) is 45.9 Å². The molecule has 2 aromatic rings. The van der Waals surface area contributed by atoms with Gasteiger partial charge in [0.1, 0.15) is 12.0 Å². The minimum absolute atomic E-state index is 0.115. The van der Waals surface area contributed by atoms with Crippen molar-refractivity contribution in [2.45, 2.75) is 18.0 Å². The van der Waals surface area contributed by atoms with E-state index >= 15 is 0 Å². The average Bonchev–Trinajstić information content (AvgIpc) is 2.87. The summed E-state index contributed by atoms with van der Waals surface area (Å²) < 4.78 is 27.8. The highest BCUT2D eigenvalue weighted by atomic mass is 32.2. The van der Waals surface area contributed by atoms with Crippen molar-refractivity contribution < 1.29 is 22.7 Å². The van der Waals surface area contributed by atoms with Crippen LogP contribution in [-0.4, -0.2) is 25.7 Å². The molecule has 0 saturated carbocycles. The van der Waals surface area contributed by atoms with Crippen molar-refractivity contribution >= 4 is 15.8 Å². The number of rotatable bonds is 6. The molecule has 0 bridgehead atoms. The summed E-state index contributed by atoms with van der Waals surface area (Å²) >= 11 is 0. The van der Waals surface area contributed by atoms with Crippen LogP contribution >= 0.6 is 0 Å². The highest BCUT2D eigenvalue weighted by Crippen LogP contribution is 2.11. The normalized spacial score (nSPS) is 11.5. The molecule has 0 aliphatic rings. The van der Waals surface area contributed by atoms with E-state index in [0.717, 1.165) is 11.8 Å². The van der Waals surface area contributed by atoms with E-state index in [9.17, 15) is 13.2 Å². The van der Waals surface area contributed by atoms with Crippen molar-refractivity contribution in [1.29, 1.82) is 0 Å². The second-order valence-electron chi connectivity index (χ2n) is 4.63. The SMILES string of the molecule is CS(=O)(=O)c1ccc(CNCc2cc(C(=O)O)co2)cc1. The average molecular weight is 309 g/mol. The lowest BCUT2D eigenvalue weighted by Gasteiger charge is -2.04. The molecule has 0 aliphatic carbocycles. The fourth-order valence-electron chi connectivity index (χ4n) is 1.77. The molecule has 0 unspecified atom stereocenters. The summed E-state index contributed by atoms with van der Waals surface area (Å²) in [5.74, 6) is -0.499. The molecule has 0 aliphatic heterocycles. The second kappa shape index (κ2) is 6.11. The minimum Gasteiger partial charge on any atom is -0.478 e. The third-order valence-electron chi connectivity index (χ3n) is 2.88. The van der Waals surface area contributed by atoms with E-state index in [1.807, 2.05) is 0 Å². The van der Waals surface area contributed by atoms with Crippen LogP contribution in [0.5, 0.6) is 0 Å². The van der Waals surface area contributed by atoms with Gasteiger partial charge in [0.05, 0.1) is 17.0 Å². The zero-order valence-corrected chi connectivity index (χ0v) is 12.2. The maximum Gasteiger partial charge on any atom is 0.338 e. The summed E-state index contributed by atoms with van der Waals surface area (Å²) in [6.45, 7) is 0.911. The van der Waals surface area contributed by atoms with Crippen LogP contribution in [-0.2, 0) is 22.9 Å². The number of benzene rings is 1. The molecule has 21 heavy (non-hydrogen) atoms. The first-order valence-corrected chi connectivity index (χ1v) is 8.06. The summed E-state index contributed by atoms with van der Waals surface area (Å²) in [5.41, 5.74) is 1.04. The van der Waals surface area contributed by atoms with Crippen molar-refractivity contribution in [2.75, 3.05) is 6.26 Å². The first-order valence-electron chi connectivity index (χ1n) is 6.16. The van der Waals surface area contributed by atoms with Gasteiger partial charge in [0.15, 0.2) is 9.84 Å². The van der Waals surface area contributed by atoms with Crippen LogP contribution in [0.25, 0.3) is 0 Å². The Morgan fingerprint density at radius 3 is 2.43 bits per heavy atom. The van der Waals surface area contributed by atoms with E-state index in [1.54, 1.807) is 24.3 Å². The molecule has 2 rings (SSSR count). The predicted octanol–water partition coefficient (Wildman–Crippen LogP) is 1.67. The molecular weight excluding hydrogens is 294 g/mol. The quantitative estimate of drug-likeness (QED) is 0.842. The Balaban J connectivity index is 1.89. The van der Waals surface area contributed by atoms with E-state index in [2.05, 4.69) is 5.32 Å². The van der Waals surface area contributed by atoms with Crippen LogP contribution in [0.2, 0.25) is 0 Å². The number of sulfone groups is 1. The molecule has 0 radical (unpaired) electrons. The van der Waals surface area contributed by atoms with E-state index in [4.69, 9.17) is 9.52 Å². The first kappa shape index (κ1) is 15.3. The maximum atomic E-state index is 11.3. The Morgan fingerprint density at radius 2 is 1.90 bits per heavy atom. The summed E-state index contributed by atoms with van der Waals surface area (Å²) in [7, 11) is -3.18. The topological polar surface area (TPSA) is 96.6 Å². The standard InChI is InChI=1S/C14H15NO5S/c1-21(18,19)13-4-2-10(3-5-13)7-15-8-12-6-11(9-20-12)14(16)17/h2-6,9,15H,7-8H2,1H3,(H,16,17). The number of carboxylic acids is 1. The zero-order chi connectivity index (χ0) is 15.5. The molecule has 0 fully saturated rings. The van der Waals surface area contributed by atoms with Crippen LogP contribution in [0.3, 0.4) is 0 Å². The fourth-order valence-corrected chi connectivity index (χ4v) is 2.40. The van der Waals surface area contributed by atoms with Gasteiger partial charge in [0.25, 0.3) is 0 Å². The van der Waals surface area contributed by atoms with Crippen molar-refractivity contribution in [3.05, 3.63) is 53.5 Å². The van der Waals surface area contributed by atoms with Gasteiger partial charge in [-0.05, 0) is 23.8 Å². The van der Waals surface area contributed by atoms with Crippen molar-refractivity contribution in [2.24, 2.45) is 0 Å². The first-order chi connectivity index (χ1) is 9.86. The van der Waals surface area contributed by atoms with Gasteiger partial charge in [-0.15, -0.1) is 0 Å². The number of nitrogens with one attached hydrogen (secondary N) is 1. The Hall–Kier alpha value is -2.12. The van der Waals surface area contributed by atoms with E-state index in [0.29, 0.717) is 18.8 Å². The third kappa shape index (κ3) is 4.17. The summed E-state index contributed by atoms with van der Waals surface area (Å²) in [6, 6.07) is 8.04. The van der Waals surface area contributed by atoms with Crippen LogP contribution in [0.1, 0.15) is 21.7 Å². The third-order valence-corrected chi connectivity index (χ3v) is 4.01. The smallest absolute Gasteiger partial charge is 0.338 e. The lowest BCUT2D eigenvalue weighted by atomic mass is 10.2. The number of hydrogen-bond acceptors (Lipinski definition) is 5. The number of furan rings is 1. The van der Waals surface area contributed by atoms with Gasteiger partial charge in [-0.1, -0.05) is 12.1 Å². The predicted molar refractivity (Wildman–Crippen MR) is 75.8 cm³/mol. The van der Waals surface area contributed by atoms with Crippen LogP contribution in [0.4, 0.5) is 0 Å². The molecule has 0 amide bonds. The lowest BCUT2D eigenvalue weighted by molar-refractivity contribution is 0.0696. The van der Waals surface area contributed by atoms with Crippen molar-refractivity contribution in [1.82, 2.24) is 5.32 Å². The van der Waals surface area contributed by atoms with Gasteiger partial charge in [-0.3, -0.25) is 0 Å². The molecule has 6 nitrogen and oxygen atoms in total. The Bertz CT molecular complexity index is 731. The molecular formula is C14H15NO5S. The molecule has 0 atom stereocenters. The summed E-state index contributed by atoms with van der Waals surface area (Å²) in [4.78, 5) is 11.0. The van der Waals surface area contributed by atoms with E-state index in [-0.39, 0.29) is 10.5 Å². The molecule has 112 valence electrons. The lowest BCUT2D eigenvalue weighted by Crippen LogP contribution is -2.12. The molecule has 1 aromatic heterocycles. The monoisotopic (exact) mass is 309 g/mol. The van der Waals surface area contributed by atoms with E-state index in [1.165, 1.54) is 12.3 Å². The Kier molecular flexibility index (Phi) is 4.44. The van der Waals surface area contributed by atoms with Gasteiger partial charge < -0.3 is 14.8 Å². The second-order valence-corrected chi connectivity index (χ2v) is 6.64. The zero-order valence-electron chi connectivity index (χ0n) is 11.4. The Morgan fingerprint density at radius 1 is 1.24 bits per heavy atom. The minimum atomic E-state index is -3.18. The molecule has 1 heterocycles. The highest BCUT2D eigenvalue weighted by molar-refractivity contribution is 7.90. The molecule has 2 N–H and O–H groups in total.